The highest BCUT2D eigenvalue weighted by atomic mass is 35.5. The summed E-state index contributed by atoms with van der Waals surface area (Å²) in [5, 5.41) is 0.603. The van der Waals surface area contributed by atoms with Gasteiger partial charge < -0.3 is 14.4 Å². The summed E-state index contributed by atoms with van der Waals surface area (Å²) in [6.45, 7) is 0.747. The van der Waals surface area contributed by atoms with Crippen LogP contribution in [0.3, 0.4) is 0 Å². The molecule has 5 rings (SSSR count). The van der Waals surface area contributed by atoms with Gasteiger partial charge in [0.05, 0.1) is 23.9 Å². The van der Waals surface area contributed by atoms with Crippen molar-refractivity contribution >= 4 is 44.7 Å². The number of anilines is 2. The van der Waals surface area contributed by atoms with Gasteiger partial charge in [0.25, 0.3) is 10.0 Å². The number of halogens is 4. The zero-order valence-electron chi connectivity index (χ0n) is 22.1. The Bertz CT molecular complexity index is 1600. The number of carbonyl (C=O) groups is 2. The van der Waals surface area contributed by atoms with Crippen molar-refractivity contribution in [1.29, 1.82) is 0 Å². The second-order valence-corrected chi connectivity index (χ2v) is 12.2. The minimum atomic E-state index is -4.94. The number of benzene rings is 2. The molecule has 2 fully saturated rings. The van der Waals surface area contributed by atoms with Gasteiger partial charge in [-0.3, -0.25) is 9.59 Å². The van der Waals surface area contributed by atoms with Crippen molar-refractivity contribution in [2.45, 2.75) is 30.5 Å². The maximum absolute atomic E-state index is 13.3. The Morgan fingerprint density at radius 2 is 1.71 bits per heavy atom. The van der Waals surface area contributed by atoms with E-state index >= 15 is 0 Å². The molecule has 1 aromatic heterocycles. The molecule has 2 aliphatic carbocycles. The van der Waals surface area contributed by atoms with Crippen molar-refractivity contribution in [3.63, 3.8) is 0 Å². The number of carbonyl (C=O) groups excluding carboxylic acids is 2. The van der Waals surface area contributed by atoms with Crippen LogP contribution in [0, 0.1) is 17.8 Å². The fourth-order valence-electron chi connectivity index (χ4n) is 4.50. The minimum absolute atomic E-state index is 0.0205. The van der Waals surface area contributed by atoms with Crippen LogP contribution in [0.1, 0.15) is 29.8 Å². The number of Topliss-reactive ketones (excluding diaryl/α,β-unsaturated/α-hetero) is 1. The zero-order valence-corrected chi connectivity index (χ0v) is 23.7. The third kappa shape index (κ3) is 6.96. The summed E-state index contributed by atoms with van der Waals surface area (Å²) >= 11 is 6.06. The standard InChI is InChI=1S/C28H25ClF3N3O6S/c1-40-24-12-19(35(15-16-2-3-16)18-6-4-17(29)5-7-18)14-33-25(24)26(36)22-13-23(22)27(37)34-42(38,39)21-10-8-20(9-11-21)41-28(30,31)32/h4-12,14,16,22-23H,2-3,13,15H2,1H3,(H,34,37). The molecule has 222 valence electrons. The van der Waals surface area contributed by atoms with Gasteiger partial charge >= 0.3 is 6.36 Å². The van der Waals surface area contributed by atoms with Crippen LogP contribution in [-0.2, 0) is 14.8 Å². The molecule has 0 bridgehead atoms. The van der Waals surface area contributed by atoms with E-state index in [4.69, 9.17) is 16.3 Å². The molecular weight excluding hydrogens is 599 g/mol. The first-order valence-electron chi connectivity index (χ1n) is 12.9. The van der Waals surface area contributed by atoms with Gasteiger partial charge in [0.2, 0.25) is 5.91 Å². The summed E-state index contributed by atoms with van der Waals surface area (Å²) in [6.07, 6.45) is -1.05. The average Bonchev–Trinajstić information content (AvgIpc) is 3.86. The van der Waals surface area contributed by atoms with Gasteiger partial charge in [-0.25, -0.2) is 18.1 Å². The predicted octanol–water partition coefficient (Wildman–Crippen LogP) is 5.51. The van der Waals surface area contributed by atoms with Crippen LogP contribution < -0.4 is 19.1 Å². The van der Waals surface area contributed by atoms with E-state index in [0.717, 1.165) is 49.3 Å². The van der Waals surface area contributed by atoms with Gasteiger partial charge in [-0.1, -0.05) is 11.6 Å². The number of hydrogen-bond acceptors (Lipinski definition) is 8. The normalized spacial score (nSPS) is 18.2. The molecule has 1 N–H and O–H groups in total. The molecule has 1 amide bonds. The number of hydrogen-bond donors (Lipinski definition) is 1. The Hall–Kier alpha value is -3.84. The van der Waals surface area contributed by atoms with Crippen molar-refractivity contribution < 1.29 is 40.7 Å². The minimum Gasteiger partial charge on any atom is -0.494 e. The van der Waals surface area contributed by atoms with Crippen molar-refractivity contribution in [2.75, 3.05) is 18.6 Å². The number of aromatic nitrogens is 1. The number of amides is 1. The Kier molecular flexibility index (Phi) is 8.08. The lowest BCUT2D eigenvalue weighted by Crippen LogP contribution is -2.32. The average molecular weight is 624 g/mol. The Labute approximate surface area is 244 Å². The topological polar surface area (TPSA) is 115 Å². The number of rotatable bonds is 11. The summed E-state index contributed by atoms with van der Waals surface area (Å²) in [4.78, 5) is 32.0. The molecule has 2 atom stereocenters. The molecule has 9 nitrogen and oxygen atoms in total. The highest BCUT2D eigenvalue weighted by Crippen LogP contribution is 2.43. The molecule has 0 spiro atoms. The molecular formula is C28H25ClF3N3O6S. The maximum atomic E-state index is 13.3. The Balaban J connectivity index is 1.27. The van der Waals surface area contributed by atoms with E-state index in [0.29, 0.717) is 16.6 Å². The summed E-state index contributed by atoms with van der Waals surface area (Å²) in [6, 6.07) is 12.4. The second kappa shape index (κ2) is 11.4. The lowest BCUT2D eigenvalue weighted by molar-refractivity contribution is -0.274. The second-order valence-electron chi connectivity index (χ2n) is 10.1. The molecule has 14 heteroatoms. The largest absolute Gasteiger partial charge is 0.573 e. The van der Waals surface area contributed by atoms with E-state index in [1.54, 1.807) is 24.4 Å². The third-order valence-electron chi connectivity index (χ3n) is 6.95. The van der Waals surface area contributed by atoms with E-state index in [1.807, 2.05) is 16.9 Å². The number of sulfonamides is 1. The summed E-state index contributed by atoms with van der Waals surface area (Å²) in [7, 11) is -3.00. The van der Waals surface area contributed by atoms with Crippen LogP contribution in [0.4, 0.5) is 24.5 Å². The molecule has 3 aromatic rings. The van der Waals surface area contributed by atoms with E-state index in [9.17, 15) is 31.2 Å². The van der Waals surface area contributed by atoms with Gasteiger partial charge in [0, 0.05) is 35.2 Å². The molecule has 1 heterocycles. The van der Waals surface area contributed by atoms with E-state index in [-0.39, 0.29) is 17.9 Å². The fraction of sp³-hybridized carbons (Fsp3) is 0.321. The Morgan fingerprint density at radius 1 is 1.05 bits per heavy atom. The van der Waals surface area contributed by atoms with Crippen molar-refractivity contribution in [3.05, 3.63) is 71.5 Å². The van der Waals surface area contributed by atoms with E-state index in [2.05, 4.69) is 14.6 Å². The van der Waals surface area contributed by atoms with Crippen LogP contribution in [0.2, 0.25) is 5.02 Å². The zero-order chi connectivity index (χ0) is 30.2. The Morgan fingerprint density at radius 3 is 2.31 bits per heavy atom. The van der Waals surface area contributed by atoms with Crippen molar-refractivity contribution in [1.82, 2.24) is 9.71 Å². The molecule has 42 heavy (non-hydrogen) atoms. The number of nitrogens with zero attached hydrogens (tertiary/aromatic N) is 2. The molecule has 2 unspecified atom stereocenters. The van der Waals surface area contributed by atoms with Gasteiger partial charge in [0.15, 0.2) is 5.78 Å². The molecule has 0 saturated heterocycles. The first-order chi connectivity index (χ1) is 19.8. The molecule has 0 aliphatic heterocycles. The summed E-state index contributed by atoms with van der Waals surface area (Å²) < 4.78 is 73.4. The smallest absolute Gasteiger partial charge is 0.494 e. The third-order valence-corrected chi connectivity index (χ3v) is 8.56. The van der Waals surface area contributed by atoms with Gasteiger partial charge in [-0.05, 0) is 73.7 Å². The number of ketones is 1. The SMILES string of the molecule is COc1cc(N(CC2CC2)c2ccc(Cl)cc2)cnc1C(=O)C1CC1C(=O)NS(=O)(=O)c1ccc(OC(F)(F)F)cc1. The van der Waals surface area contributed by atoms with Crippen LogP contribution in [0.5, 0.6) is 11.5 Å². The number of ether oxygens (including phenoxy) is 2. The predicted molar refractivity (Wildman–Crippen MR) is 146 cm³/mol. The summed E-state index contributed by atoms with van der Waals surface area (Å²) in [5.41, 5.74) is 1.63. The van der Waals surface area contributed by atoms with Crippen LogP contribution in [0.15, 0.2) is 65.7 Å². The van der Waals surface area contributed by atoms with Crippen molar-refractivity contribution in [3.8, 4) is 11.5 Å². The fourth-order valence-corrected chi connectivity index (χ4v) is 5.65. The quantitative estimate of drug-likeness (QED) is 0.278. The maximum Gasteiger partial charge on any atom is 0.573 e. The molecule has 0 radical (unpaired) electrons. The van der Waals surface area contributed by atoms with Gasteiger partial charge in [0.1, 0.15) is 17.2 Å². The number of nitrogens with one attached hydrogen (secondary N) is 1. The number of pyridine rings is 1. The monoisotopic (exact) mass is 623 g/mol. The van der Waals surface area contributed by atoms with Crippen molar-refractivity contribution in [2.24, 2.45) is 17.8 Å². The van der Waals surface area contributed by atoms with E-state index < -0.39 is 50.6 Å². The first-order valence-corrected chi connectivity index (χ1v) is 14.7. The van der Waals surface area contributed by atoms with Crippen LogP contribution in [0.25, 0.3) is 0 Å². The molecule has 2 aromatic carbocycles. The lowest BCUT2D eigenvalue weighted by atomic mass is 10.1. The molecule has 2 aliphatic rings. The first kappa shape index (κ1) is 29.6. The molecule has 2 saturated carbocycles. The number of alkyl halides is 3. The highest BCUT2D eigenvalue weighted by molar-refractivity contribution is 7.90. The van der Waals surface area contributed by atoms with E-state index in [1.165, 1.54) is 7.11 Å². The van der Waals surface area contributed by atoms with Gasteiger partial charge in [-0.2, -0.15) is 0 Å². The van der Waals surface area contributed by atoms with Crippen LogP contribution >= 0.6 is 11.6 Å². The highest BCUT2D eigenvalue weighted by Gasteiger charge is 2.50. The van der Waals surface area contributed by atoms with Gasteiger partial charge in [-0.15, -0.1) is 13.2 Å². The summed E-state index contributed by atoms with van der Waals surface area (Å²) in [5.74, 6) is -2.98. The van der Waals surface area contributed by atoms with Crippen LogP contribution in [-0.4, -0.2) is 45.1 Å². The number of methoxy groups -OCH3 is 1. The lowest BCUT2D eigenvalue weighted by Gasteiger charge is -2.25.